The van der Waals surface area contributed by atoms with Crippen molar-refractivity contribution in [2.75, 3.05) is 7.11 Å². The van der Waals surface area contributed by atoms with Crippen molar-refractivity contribution < 1.29 is 14.3 Å². The van der Waals surface area contributed by atoms with E-state index in [0.29, 0.717) is 24.0 Å². The fourth-order valence-electron chi connectivity index (χ4n) is 4.30. The van der Waals surface area contributed by atoms with Crippen molar-refractivity contribution in [1.82, 2.24) is 0 Å². The molecule has 3 heteroatoms. The molecule has 1 heterocycles. The third kappa shape index (κ3) is 1.53. The quantitative estimate of drug-likeness (QED) is 0.671. The van der Waals surface area contributed by atoms with Gasteiger partial charge in [0.15, 0.2) is 6.29 Å². The molecule has 0 saturated heterocycles. The van der Waals surface area contributed by atoms with E-state index in [0.717, 1.165) is 19.3 Å². The van der Waals surface area contributed by atoms with Gasteiger partial charge in [0.2, 0.25) is 0 Å². The molecule has 1 aliphatic heterocycles. The van der Waals surface area contributed by atoms with Crippen LogP contribution in [0.25, 0.3) is 0 Å². The number of rotatable bonds is 1. The molecule has 1 unspecified atom stereocenters. The number of ketones is 1. The Morgan fingerprint density at radius 3 is 2.83 bits per heavy atom. The van der Waals surface area contributed by atoms with Crippen molar-refractivity contribution in [3.8, 4) is 0 Å². The lowest BCUT2D eigenvalue weighted by Gasteiger charge is -2.48. The first-order valence-corrected chi connectivity index (χ1v) is 7.01. The molecule has 4 atom stereocenters. The van der Waals surface area contributed by atoms with Gasteiger partial charge in [0.25, 0.3) is 0 Å². The van der Waals surface area contributed by atoms with Crippen molar-refractivity contribution in [3.63, 3.8) is 0 Å². The molecule has 0 bridgehead atoms. The first-order valence-electron chi connectivity index (χ1n) is 7.01. The Morgan fingerprint density at radius 1 is 1.33 bits per heavy atom. The molecule has 0 aromatic heterocycles. The van der Waals surface area contributed by atoms with Crippen LogP contribution in [-0.4, -0.2) is 24.8 Å². The SMILES string of the molecule is COC1O[C@]23CC(=O)CC[C@H]2[C@H](C)CCC3=C1C. The van der Waals surface area contributed by atoms with Crippen molar-refractivity contribution in [3.05, 3.63) is 11.1 Å². The van der Waals surface area contributed by atoms with Gasteiger partial charge in [-0.15, -0.1) is 0 Å². The van der Waals surface area contributed by atoms with Gasteiger partial charge in [-0.1, -0.05) is 6.92 Å². The molecular formula is C15H22O3. The maximum Gasteiger partial charge on any atom is 0.180 e. The first-order chi connectivity index (χ1) is 8.58. The summed E-state index contributed by atoms with van der Waals surface area (Å²) in [5.41, 5.74) is 2.26. The zero-order valence-electron chi connectivity index (χ0n) is 11.5. The molecule has 0 N–H and O–H groups in total. The van der Waals surface area contributed by atoms with Gasteiger partial charge in [0, 0.05) is 20.0 Å². The summed E-state index contributed by atoms with van der Waals surface area (Å²) in [4.78, 5) is 11.9. The number of ether oxygens (including phenoxy) is 2. The molecule has 0 radical (unpaired) electrons. The van der Waals surface area contributed by atoms with Crippen LogP contribution < -0.4 is 0 Å². The van der Waals surface area contributed by atoms with Crippen LogP contribution in [0.5, 0.6) is 0 Å². The number of carbonyl (C=O) groups is 1. The van der Waals surface area contributed by atoms with Gasteiger partial charge >= 0.3 is 0 Å². The molecule has 0 aromatic carbocycles. The average molecular weight is 250 g/mol. The maximum absolute atomic E-state index is 11.9. The van der Waals surface area contributed by atoms with Gasteiger partial charge in [-0.2, -0.15) is 0 Å². The monoisotopic (exact) mass is 250 g/mol. The van der Waals surface area contributed by atoms with Crippen LogP contribution in [0.4, 0.5) is 0 Å². The van der Waals surface area contributed by atoms with E-state index in [1.807, 2.05) is 0 Å². The summed E-state index contributed by atoms with van der Waals surface area (Å²) in [6.45, 7) is 4.40. The zero-order valence-corrected chi connectivity index (χ0v) is 11.5. The van der Waals surface area contributed by atoms with E-state index < -0.39 is 0 Å². The highest BCUT2D eigenvalue weighted by Crippen LogP contribution is 2.55. The first kappa shape index (κ1) is 12.4. The van der Waals surface area contributed by atoms with Crippen LogP contribution in [0.1, 0.15) is 46.0 Å². The molecule has 18 heavy (non-hydrogen) atoms. The van der Waals surface area contributed by atoms with Gasteiger partial charge < -0.3 is 9.47 Å². The average Bonchev–Trinajstić information content (AvgIpc) is 2.61. The second-order valence-corrected chi connectivity index (χ2v) is 6.11. The molecule has 2 aliphatic carbocycles. The van der Waals surface area contributed by atoms with E-state index in [1.54, 1.807) is 7.11 Å². The normalized spacial score (nSPS) is 43.9. The third-order valence-electron chi connectivity index (χ3n) is 5.20. The number of hydrogen-bond donors (Lipinski definition) is 0. The van der Waals surface area contributed by atoms with E-state index in [4.69, 9.17) is 9.47 Å². The molecule has 3 nitrogen and oxygen atoms in total. The molecule has 0 aromatic rings. The Kier molecular flexibility index (Phi) is 2.87. The topological polar surface area (TPSA) is 35.5 Å². The zero-order chi connectivity index (χ0) is 12.9. The second-order valence-electron chi connectivity index (χ2n) is 6.11. The summed E-state index contributed by atoms with van der Waals surface area (Å²) in [6.07, 6.45) is 4.31. The largest absolute Gasteiger partial charge is 0.352 e. The Labute approximate surface area is 109 Å². The standard InChI is InChI=1S/C15H22O3/c1-9-4-6-13-10(2)14(17-3)18-15(13)8-11(16)5-7-12(9)15/h9,12,14H,4-8H2,1-3H3/t9-,12+,14?,15-/m1/s1. The van der Waals surface area contributed by atoms with Crippen molar-refractivity contribution in [1.29, 1.82) is 0 Å². The molecule has 100 valence electrons. The summed E-state index contributed by atoms with van der Waals surface area (Å²) in [5, 5.41) is 0. The Balaban J connectivity index is 2.04. The smallest absolute Gasteiger partial charge is 0.180 e. The van der Waals surface area contributed by atoms with Gasteiger partial charge in [-0.3, -0.25) is 4.79 Å². The number of methoxy groups -OCH3 is 1. The summed E-state index contributed by atoms with van der Waals surface area (Å²) in [6, 6.07) is 0. The molecule has 1 spiro atoms. The van der Waals surface area contributed by atoms with Crippen LogP contribution in [0.3, 0.4) is 0 Å². The lowest BCUT2D eigenvalue weighted by molar-refractivity contribution is -0.189. The van der Waals surface area contributed by atoms with Gasteiger partial charge in [-0.25, -0.2) is 0 Å². The predicted octanol–water partition coefficient (Wildman–Crippen LogP) is 2.84. The fraction of sp³-hybridized carbons (Fsp3) is 0.800. The van der Waals surface area contributed by atoms with E-state index in [2.05, 4.69) is 13.8 Å². The lowest BCUT2D eigenvalue weighted by atomic mass is 9.60. The molecule has 3 aliphatic rings. The molecule has 2 fully saturated rings. The highest BCUT2D eigenvalue weighted by atomic mass is 16.7. The van der Waals surface area contributed by atoms with Crippen LogP contribution in [-0.2, 0) is 14.3 Å². The highest BCUT2D eigenvalue weighted by molar-refractivity contribution is 5.81. The van der Waals surface area contributed by atoms with E-state index in [-0.39, 0.29) is 11.9 Å². The van der Waals surface area contributed by atoms with Gasteiger partial charge in [-0.05, 0) is 49.2 Å². The maximum atomic E-state index is 11.9. The van der Waals surface area contributed by atoms with Crippen molar-refractivity contribution in [2.24, 2.45) is 11.8 Å². The lowest BCUT2D eigenvalue weighted by Crippen LogP contribution is -2.51. The third-order valence-corrected chi connectivity index (χ3v) is 5.20. The van der Waals surface area contributed by atoms with Gasteiger partial charge in [0.1, 0.15) is 11.4 Å². The van der Waals surface area contributed by atoms with Crippen molar-refractivity contribution >= 4 is 5.78 Å². The summed E-state index contributed by atoms with van der Waals surface area (Å²) in [5.74, 6) is 1.49. The minimum Gasteiger partial charge on any atom is -0.352 e. The molecule has 0 amide bonds. The minimum atomic E-state index is -0.322. The fourth-order valence-corrected chi connectivity index (χ4v) is 4.30. The molecule has 3 rings (SSSR count). The van der Waals surface area contributed by atoms with Crippen LogP contribution >= 0.6 is 0 Å². The van der Waals surface area contributed by atoms with Crippen LogP contribution in [0, 0.1) is 11.8 Å². The number of hydrogen-bond acceptors (Lipinski definition) is 3. The van der Waals surface area contributed by atoms with E-state index in [9.17, 15) is 4.79 Å². The number of Topliss-reactive ketones (excluding diaryl/α,β-unsaturated/α-hetero) is 1. The minimum absolute atomic E-state index is 0.237. The number of carbonyl (C=O) groups excluding carboxylic acids is 1. The summed E-state index contributed by atoms with van der Waals surface area (Å²) >= 11 is 0. The van der Waals surface area contributed by atoms with Crippen LogP contribution in [0.2, 0.25) is 0 Å². The summed E-state index contributed by atoms with van der Waals surface area (Å²) in [7, 11) is 1.69. The van der Waals surface area contributed by atoms with E-state index >= 15 is 0 Å². The van der Waals surface area contributed by atoms with Gasteiger partial charge in [0.05, 0.1) is 0 Å². The Hall–Kier alpha value is -0.670. The highest BCUT2D eigenvalue weighted by Gasteiger charge is 2.56. The molecular weight excluding hydrogens is 228 g/mol. The van der Waals surface area contributed by atoms with Crippen molar-refractivity contribution in [2.45, 2.75) is 57.8 Å². The summed E-state index contributed by atoms with van der Waals surface area (Å²) < 4.78 is 11.7. The van der Waals surface area contributed by atoms with E-state index in [1.165, 1.54) is 17.6 Å². The predicted molar refractivity (Wildman–Crippen MR) is 68.1 cm³/mol. The van der Waals surface area contributed by atoms with Crippen LogP contribution in [0.15, 0.2) is 11.1 Å². The molecule has 2 saturated carbocycles. The Bertz CT molecular complexity index is 412. The Morgan fingerprint density at radius 2 is 2.11 bits per heavy atom. The second kappa shape index (κ2) is 4.17.